The molecule has 2 saturated heterocycles. The lowest BCUT2D eigenvalue weighted by molar-refractivity contribution is -0.137. The van der Waals surface area contributed by atoms with E-state index in [-0.39, 0.29) is 17.9 Å². The number of likely N-dealkylation sites (N-methyl/N-ethyl adjacent to an activating group) is 1. The van der Waals surface area contributed by atoms with Crippen LogP contribution in [-0.4, -0.2) is 98.9 Å². The summed E-state index contributed by atoms with van der Waals surface area (Å²) in [4.78, 5) is 19.4. The monoisotopic (exact) mass is 341 g/mol. The Hall–Kier alpha value is -0.690. The van der Waals surface area contributed by atoms with E-state index in [2.05, 4.69) is 16.8 Å². The lowest BCUT2D eigenvalue weighted by Gasteiger charge is -2.42. The Morgan fingerprint density at radius 2 is 2.00 bits per heavy atom. The quantitative estimate of drug-likeness (QED) is 0.689. The second-order valence-electron chi connectivity index (χ2n) is 7.61. The molecule has 2 aliphatic rings. The minimum absolute atomic E-state index is 0.133. The molecule has 0 spiro atoms. The van der Waals surface area contributed by atoms with Crippen LogP contribution in [0, 0.1) is 5.41 Å². The molecule has 0 aromatic heterocycles. The summed E-state index contributed by atoms with van der Waals surface area (Å²) >= 11 is 0. The minimum atomic E-state index is -0.133. The van der Waals surface area contributed by atoms with Gasteiger partial charge in [0, 0.05) is 45.3 Å². The van der Waals surface area contributed by atoms with Crippen LogP contribution in [0.1, 0.15) is 32.1 Å². The van der Waals surface area contributed by atoms with E-state index < -0.39 is 0 Å². The van der Waals surface area contributed by atoms with Gasteiger partial charge in [-0.25, -0.2) is 0 Å². The number of nitrogens with zero attached hydrogens (tertiary/aromatic N) is 3. The van der Waals surface area contributed by atoms with Crippen molar-refractivity contribution in [1.82, 2.24) is 14.7 Å². The number of carbonyl (C=O) groups excluding carboxylic acids is 1. The molecule has 6 nitrogen and oxygen atoms in total. The maximum atomic E-state index is 12.8. The van der Waals surface area contributed by atoms with E-state index in [0.29, 0.717) is 13.1 Å². The number of aliphatic hydroxyl groups excluding tert-OH is 1. The first kappa shape index (κ1) is 19.6. The Balaban J connectivity index is 1.86. The predicted molar refractivity (Wildman–Crippen MR) is 95.0 cm³/mol. The van der Waals surface area contributed by atoms with Crippen molar-refractivity contribution in [1.29, 1.82) is 0 Å². The molecule has 140 valence electrons. The van der Waals surface area contributed by atoms with Crippen molar-refractivity contribution in [3.63, 3.8) is 0 Å². The molecule has 1 N–H and O–H groups in total. The normalized spacial score (nSPS) is 27.2. The second kappa shape index (κ2) is 9.70. The van der Waals surface area contributed by atoms with Gasteiger partial charge in [0.2, 0.25) is 5.91 Å². The molecule has 24 heavy (non-hydrogen) atoms. The Morgan fingerprint density at radius 1 is 1.17 bits per heavy atom. The van der Waals surface area contributed by atoms with Gasteiger partial charge in [-0.2, -0.15) is 0 Å². The summed E-state index contributed by atoms with van der Waals surface area (Å²) in [5.41, 5.74) is -0.133. The van der Waals surface area contributed by atoms with E-state index in [4.69, 9.17) is 4.74 Å². The average Bonchev–Trinajstić information content (AvgIpc) is 2.80. The van der Waals surface area contributed by atoms with Gasteiger partial charge in [0.15, 0.2) is 0 Å². The fourth-order valence-corrected chi connectivity index (χ4v) is 3.97. The van der Waals surface area contributed by atoms with E-state index >= 15 is 0 Å². The maximum Gasteiger partial charge on any atom is 0.236 e. The predicted octanol–water partition coefficient (Wildman–Crippen LogP) is 0.652. The highest BCUT2D eigenvalue weighted by Gasteiger charge is 2.36. The molecule has 6 heteroatoms. The molecule has 2 heterocycles. The summed E-state index contributed by atoms with van der Waals surface area (Å²) in [6.45, 7) is 7.04. The number of amides is 1. The molecule has 2 aliphatic heterocycles. The van der Waals surface area contributed by atoms with Crippen molar-refractivity contribution in [3.8, 4) is 0 Å². The Bertz CT molecular complexity index is 394. The number of ether oxygens (including phenoxy) is 1. The molecule has 0 unspecified atom stereocenters. The van der Waals surface area contributed by atoms with Crippen LogP contribution in [0.3, 0.4) is 0 Å². The first-order valence-electron chi connectivity index (χ1n) is 9.37. The minimum Gasteiger partial charge on any atom is -0.396 e. The molecule has 1 atom stereocenters. The van der Waals surface area contributed by atoms with Crippen molar-refractivity contribution >= 4 is 5.91 Å². The standard InChI is InChI=1S/C18H35N3O3/c1-19-8-5-9-20(12-11-19)14-17(23)21-10-3-6-18(15-21,16-22)7-4-13-24-2/h22H,3-16H2,1-2H3/t18-/m1/s1. The molecule has 0 aliphatic carbocycles. The highest BCUT2D eigenvalue weighted by Crippen LogP contribution is 2.34. The molecule has 1 amide bonds. The van der Waals surface area contributed by atoms with Gasteiger partial charge in [-0.05, 0) is 52.2 Å². The fourth-order valence-electron chi connectivity index (χ4n) is 3.97. The highest BCUT2D eigenvalue weighted by molar-refractivity contribution is 5.78. The van der Waals surface area contributed by atoms with Crippen LogP contribution in [0.2, 0.25) is 0 Å². The summed E-state index contributed by atoms with van der Waals surface area (Å²) in [5.74, 6) is 0.226. The van der Waals surface area contributed by atoms with E-state index in [1.165, 1.54) is 0 Å². The van der Waals surface area contributed by atoms with Crippen LogP contribution in [0.5, 0.6) is 0 Å². The van der Waals surface area contributed by atoms with E-state index in [9.17, 15) is 9.90 Å². The number of methoxy groups -OCH3 is 1. The zero-order valence-electron chi connectivity index (χ0n) is 15.5. The first-order valence-corrected chi connectivity index (χ1v) is 9.37. The topological polar surface area (TPSA) is 56.3 Å². The number of likely N-dealkylation sites (tertiary alicyclic amines) is 1. The average molecular weight is 341 g/mol. The number of rotatable bonds is 7. The zero-order chi connectivity index (χ0) is 17.4. The van der Waals surface area contributed by atoms with Gasteiger partial charge < -0.3 is 19.6 Å². The van der Waals surface area contributed by atoms with Crippen molar-refractivity contribution in [2.24, 2.45) is 5.41 Å². The van der Waals surface area contributed by atoms with E-state index in [0.717, 1.165) is 71.4 Å². The number of carbonyl (C=O) groups is 1. The van der Waals surface area contributed by atoms with Gasteiger partial charge in [0.1, 0.15) is 0 Å². The third-order valence-electron chi connectivity index (χ3n) is 5.58. The van der Waals surface area contributed by atoms with Gasteiger partial charge in [0.05, 0.1) is 13.2 Å². The van der Waals surface area contributed by atoms with Crippen molar-refractivity contribution in [2.75, 3.05) is 73.2 Å². The molecule has 2 rings (SSSR count). The number of hydrogen-bond donors (Lipinski definition) is 1. The second-order valence-corrected chi connectivity index (χ2v) is 7.61. The van der Waals surface area contributed by atoms with Crippen LogP contribution in [0.4, 0.5) is 0 Å². The maximum absolute atomic E-state index is 12.8. The first-order chi connectivity index (χ1) is 11.6. The van der Waals surface area contributed by atoms with E-state index in [1.807, 2.05) is 4.90 Å². The van der Waals surface area contributed by atoms with E-state index in [1.54, 1.807) is 7.11 Å². The molecular formula is C18H35N3O3. The molecule has 0 radical (unpaired) electrons. The van der Waals surface area contributed by atoms with Crippen LogP contribution in [0.25, 0.3) is 0 Å². The SMILES string of the molecule is COCCC[C@]1(CO)CCCN(C(=O)CN2CCCN(C)CC2)C1. The fraction of sp³-hybridized carbons (Fsp3) is 0.944. The summed E-state index contributed by atoms with van der Waals surface area (Å²) in [6, 6.07) is 0. The molecule has 0 saturated carbocycles. The summed E-state index contributed by atoms with van der Waals surface area (Å²) in [5, 5.41) is 9.93. The smallest absolute Gasteiger partial charge is 0.236 e. The summed E-state index contributed by atoms with van der Waals surface area (Å²) in [6.07, 6.45) is 4.99. The van der Waals surface area contributed by atoms with Crippen LogP contribution in [-0.2, 0) is 9.53 Å². The van der Waals surface area contributed by atoms with Gasteiger partial charge in [-0.1, -0.05) is 0 Å². The molecule has 0 aromatic carbocycles. The summed E-state index contributed by atoms with van der Waals surface area (Å²) < 4.78 is 5.14. The van der Waals surface area contributed by atoms with Crippen LogP contribution < -0.4 is 0 Å². The summed E-state index contributed by atoms with van der Waals surface area (Å²) in [7, 11) is 3.85. The molecular weight excluding hydrogens is 306 g/mol. The lowest BCUT2D eigenvalue weighted by Crippen LogP contribution is -2.51. The molecule has 0 bridgehead atoms. The van der Waals surface area contributed by atoms with Crippen molar-refractivity contribution in [3.05, 3.63) is 0 Å². The third-order valence-corrected chi connectivity index (χ3v) is 5.58. The van der Waals surface area contributed by atoms with Gasteiger partial charge in [0.25, 0.3) is 0 Å². The van der Waals surface area contributed by atoms with Crippen LogP contribution >= 0.6 is 0 Å². The Kier molecular flexibility index (Phi) is 7.94. The van der Waals surface area contributed by atoms with Crippen LogP contribution in [0.15, 0.2) is 0 Å². The third kappa shape index (κ3) is 5.69. The zero-order valence-corrected chi connectivity index (χ0v) is 15.5. The van der Waals surface area contributed by atoms with Crippen molar-refractivity contribution in [2.45, 2.75) is 32.1 Å². The Labute approximate surface area is 146 Å². The van der Waals surface area contributed by atoms with Crippen molar-refractivity contribution < 1.29 is 14.6 Å². The van der Waals surface area contributed by atoms with Gasteiger partial charge in [-0.15, -0.1) is 0 Å². The lowest BCUT2D eigenvalue weighted by atomic mass is 9.77. The molecule has 2 fully saturated rings. The molecule has 0 aromatic rings. The number of aliphatic hydroxyl groups is 1. The number of hydrogen-bond acceptors (Lipinski definition) is 5. The largest absolute Gasteiger partial charge is 0.396 e. The van der Waals surface area contributed by atoms with Gasteiger partial charge in [-0.3, -0.25) is 9.69 Å². The number of piperidine rings is 1. The Morgan fingerprint density at radius 3 is 2.75 bits per heavy atom. The van der Waals surface area contributed by atoms with Gasteiger partial charge >= 0.3 is 0 Å². The highest BCUT2D eigenvalue weighted by atomic mass is 16.5.